The van der Waals surface area contributed by atoms with E-state index in [1.165, 1.54) is 6.07 Å². The Labute approximate surface area is 138 Å². The van der Waals surface area contributed by atoms with Crippen LogP contribution in [0.25, 0.3) is 0 Å². The van der Waals surface area contributed by atoms with Crippen molar-refractivity contribution in [1.82, 2.24) is 5.32 Å². The Balaban J connectivity index is 2.26. The summed E-state index contributed by atoms with van der Waals surface area (Å²) in [5.74, 6) is -0.461. The predicted octanol–water partition coefficient (Wildman–Crippen LogP) is 3.84. The van der Waals surface area contributed by atoms with E-state index in [1.54, 1.807) is 0 Å². The van der Waals surface area contributed by atoms with Crippen LogP contribution in [0.4, 0.5) is 0 Å². The van der Waals surface area contributed by atoms with Crippen molar-refractivity contribution in [2.45, 2.75) is 31.1 Å². The molecular formula is C13H14Cl3NO3S. The molecule has 0 bridgehead atoms. The SMILES string of the molecule is CC1(CNC(=O)c2cc(Cl)cc(S(=O)(=O)Cl)c2Cl)CCC1. The maximum atomic E-state index is 12.2. The third-order valence-electron chi connectivity index (χ3n) is 3.75. The summed E-state index contributed by atoms with van der Waals surface area (Å²) >= 11 is 11.8. The minimum Gasteiger partial charge on any atom is -0.351 e. The highest BCUT2D eigenvalue weighted by molar-refractivity contribution is 8.13. The molecule has 0 aliphatic heterocycles. The van der Waals surface area contributed by atoms with Crippen LogP contribution in [0.15, 0.2) is 17.0 Å². The quantitative estimate of drug-likeness (QED) is 0.819. The van der Waals surface area contributed by atoms with Crippen molar-refractivity contribution >= 4 is 48.8 Å². The molecule has 0 unspecified atom stereocenters. The molecular weight excluding hydrogens is 357 g/mol. The molecule has 0 radical (unpaired) electrons. The minimum atomic E-state index is -4.07. The number of carbonyl (C=O) groups is 1. The van der Waals surface area contributed by atoms with Gasteiger partial charge in [-0.3, -0.25) is 4.79 Å². The van der Waals surface area contributed by atoms with E-state index in [9.17, 15) is 13.2 Å². The summed E-state index contributed by atoms with van der Waals surface area (Å²) in [6.07, 6.45) is 3.26. The predicted molar refractivity (Wildman–Crippen MR) is 83.8 cm³/mol. The normalized spacial score (nSPS) is 17.1. The first-order valence-electron chi connectivity index (χ1n) is 6.34. The molecule has 1 saturated carbocycles. The molecule has 0 saturated heterocycles. The van der Waals surface area contributed by atoms with Gasteiger partial charge in [0.15, 0.2) is 0 Å². The molecule has 0 atom stereocenters. The zero-order valence-corrected chi connectivity index (χ0v) is 14.3. The Kier molecular flexibility index (Phi) is 4.78. The molecule has 1 aliphatic carbocycles. The Morgan fingerprint density at radius 3 is 2.43 bits per heavy atom. The van der Waals surface area contributed by atoms with Gasteiger partial charge in [0.1, 0.15) is 4.90 Å². The first kappa shape index (κ1) is 16.9. The molecule has 21 heavy (non-hydrogen) atoms. The average Bonchev–Trinajstić information content (AvgIpc) is 2.34. The van der Waals surface area contributed by atoms with Gasteiger partial charge >= 0.3 is 0 Å². The van der Waals surface area contributed by atoms with Crippen molar-refractivity contribution < 1.29 is 13.2 Å². The largest absolute Gasteiger partial charge is 0.351 e. The lowest BCUT2D eigenvalue weighted by molar-refractivity contribution is 0.0890. The summed E-state index contributed by atoms with van der Waals surface area (Å²) in [6, 6.07) is 2.45. The second-order valence-corrected chi connectivity index (χ2v) is 8.90. The van der Waals surface area contributed by atoms with Gasteiger partial charge < -0.3 is 5.32 Å². The Morgan fingerprint density at radius 2 is 1.95 bits per heavy atom. The number of carbonyl (C=O) groups excluding carboxylic acids is 1. The van der Waals surface area contributed by atoms with E-state index in [1.807, 2.05) is 0 Å². The van der Waals surface area contributed by atoms with Gasteiger partial charge in [-0.15, -0.1) is 0 Å². The molecule has 1 amide bonds. The lowest BCUT2D eigenvalue weighted by atomic mass is 9.70. The number of halogens is 3. The van der Waals surface area contributed by atoms with Gasteiger partial charge in [0.2, 0.25) is 0 Å². The summed E-state index contributed by atoms with van der Waals surface area (Å²) in [5.41, 5.74) is 0.105. The molecule has 0 spiro atoms. The molecule has 0 aromatic heterocycles. The van der Waals surface area contributed by atoms with Crippen LogP contribution in [0.5, 0.6) is 0 Å². The fraction of sp³-hybridized carbons (Fsp3) is 0.462. The van der Waals surface area contributed by atoms with Crippen LogP contribution in [-0.4, -0.2) is 20.9 Å². The smallest absolute Gasteiger partial charge is 0.262 e. The van der Waals surface area contributed by atoms with Gasteiger partial charge in [0, 0.05) is 22.2 Å². The van der Waals surface area contributed by atoms with Gasteiger partial charge in [-0.1, -0.05) is 36.5 Å². The summed E-state index contributed by atoms with van der Waals surface area (Å²) in [7, 11) is 1.22. The molecule has 1 N–H and O–H groups in total. The van der Waals surface area contributed by atoms with Crippen LogP contribution >= 0.6 is 33.9 Å². The molecule has 1 fully saturated rings. The Bertz CT molecular complexity index is 684. The van der Waals surface area contributed by atoms with Crippen molar-refractivity contribution in [3.63, 3.8) is 0 Å². The molecule has 0 heterocycles. The van der Waals surface area contributed by atoms with E-state index in [2.05, 4.69) is 12.2 Å². The highest BCUT2D eigenvalue weighted by atomic mass is 35.7. The van der Waals surface area contributed by atoms with Crippen LogP contribution < -0.4 is 5.32 Å². The van der Waals surface area contributed by atoms with Crippen LogP contribution in [0.2, 0.25) is 10.0 Å². The zero-order chi connectivity index (χ0) is 15.8. The second kappa shape index (κ2) is 5.95. The van der Waals surface area contributed by atoms with Crippen molar-refractivity contribution in [1.29, 1.82) is 0 Å². The lowest BCUT2D eigenvalue weighted by Gasteiger charge is -2.38. The number of hydrogen-bond donors (Lipinski definition) is 1. The van der Waals surface area contributed by atoms with Crippen molar-refractivity contribution in [2.24, 2.45) is 5.41 Å². The molecule has 4 nitrogen and oxygen atoms in total. The third kappa shape index (κ3) is 3.83. The maximum Gasteiger partial charge on any atom is 0.262 e. The van der Waals surface area contributed by atoms with E-state index in [4.69, 9.17) is 33.9 Å². The standard InChI is InChI=1S/C13H14Cl3NO3S/c1-13(3-2-4-13)7-17-12(18)9-5-8(14)6-10(11(9)15)21(16,19)20/h5-6H,2-4,7H2,1H3,(H,17,18). The molecule has 1 aliphatic rings. The summed E-state index contributed by atoms with van der Waals surface area (Å²) < 4.78 is 22.9. The molecule has 1 aromatic rings. The monoisotopic (exact) mass is 369 g/mol. The number of amides is 1. The van der Waals surface area contributed by atoms with Gasteiger partial charge in [0.05, 0.1) is 10.6 Å². The van der Waals surface area contributed by atoms with Crippen LogP contribution in [0.3, 0.4) is 0 Å². The van der Waals surface area contributed by atoms with Gasteiger partial charge in [-0.25, -0.2) is 8.42 Å². The average molecular weight is 371 g/mol. The van der Waals surface area contributed by atoms with Crippen molar-refractivity contribution in [3.8, 4) is 0 Å². The van der Waals surface area contributed by atoms with Crippen molar-refractivity contribution in [2.75, 3.05) is 6.54 Å². The molecule has 1 aromatic carbocycles. The van der Waals surface area contributed by atoms with E-state index in [0.29, 0.717) is 6.54 Å². The van der Waals surface area contributed by atoms with Crippen molar-refractivity contribution in [3.05, 3.63) is 27.7 Å². The Hall–Kier alpha value is -0.490. The minimum absolute atomic E-state index is 0.00585. The highest BCUT2D eigenvalue weighted by Gasteiger charge is 2.32. The third-order valence-corrected chi connectivity index (χ3v) is 5.83. The van der Waals surface area contributed by atoms with Gasteiger partial charge in [0.25, 0.3) is 15.0 Å². The Morgan fingerprint density at radius 1 is 1.33 bits per heavy atom. The van der Waals surface area contributed by atoms with Crippen LogP contribution in [-0.2, 0) is 9.05 Å². The molecule has 116 valence electrons. The summed E-state index contributed by atoms with van der Waals surface area (Å²) in [5, 5.41) is 2.63. The summed E-state index contributed by atoms with van der Waals surface area (Å²) in [4.78, 5) is 11.8. The van der Waals surface area contributed by atoms with E-state index >= 15 is 0 Å². The number of nitrogens with one attached hydrogen (secondary N) is 1. The van der Waals surface area contributed by atoms with E-state index < -0.39 is 15.0 Å². The van der Waals surface area contributed by atoms with Gasteiger partial charge in [-0.2, -0.15) is 0 Å². The maximum absolute atomic E-state index is 12.2. The fourth-order valence-electron chi connectivity index (χ4n) is 2.25. The highest BCUT2D eigenvalue weighted by Crippen LogP contribution is 2.39. The second-order valence-electron chi connectivity index (χ2n) is 5.55. The number of benzene rings is 1. The van der Waals surface area contributed by atoms with Crippen LogP contribution in [0.1, 0.15) is 36.5 Å². The molecule has 2 rings (SSSR count). The number of rotatable bonds is 4. The zero-order valence-electron chi connectivity index (χ0n) is 11.3. The first-order valence-corrected chi connectivity index (χ1v) is 9.41. The fourth-order valence-corrected chi connectivity index (χ4v) is 4.11. The molecule has 8 heteroatoms. The first-order chi connectivity index (χ1) is 9.62. The van der Waals surface area contributed by atoms with E-state index in [-0.39, 0.29) is 25.9 Å². The lowest BCUT2D eigenvalue weighted by Crippen LogP contribution is -2.40. The topological polar surface area (TPSA) is 63.2 Å². The number of hydrogen-bond acceptors (Lipinski definition) is 3. The van der Waals surface area contributed by atoms with E-state index in [0.717, 1.165) is 25.3 Å². The summed E-state index contributed by atoms with van der Waals surface area (Å²) in [6.45, 7) is 2.60. The van der Waals surface area contributed by atoms with Crippen LogP contribution in [0, 0.1) is 5.41 Å². The van der Waals surface area contributed by atoms with Gasteiger partial charge in [-0.05, 0) is 30.4 Å².